The number of nitrogens with zero attached hydrogens (tertiary/aromatic N) is 3. The monoisotopic (exact) mass is 482 g/mol. The summed E-state index contributed by atoms with van der Waals surface area (Å²) in [5.41, 5.74) is 1.17. The Morgan fingerprint density at radius 1 is 1.30 bits per heavy atom. The van der Waals surface area contributed by atoms with Gasteiger partial charge in [0.1, 0.15) is 24.2 Å². The van der Waals surface area contributed by atoms with Crippen LogP contribution in [0.3, 0.4) is 0 Å². The molecule has 1 atom stereocenters. The predicted octanol–water partition coefficient (Wildman–Crippen LogP) is 4.81. The van der Waals surface area contributed by atoms with Gasteiger partial charge in [-0.15, -0.1) is 0 Å². The molecular weight excluding hydrogens is 462 g/mol. The number of carbonyl (C=O) groups is 1. The maximum Gasteiger partial charge on any atom is 0.387 e. The maximum absolute atomic E-state index is 13.2. The van der Waals surface area contributed by atoms with E-state index in [2.05, 4.69) is 31.3 Å². The lowest BCUT2D eigenvalue weighted by Crippen LogP contribution is -2.32. The summed E-state index contributed by atoms with van der Waals surface area (Å²) in [6, 6.07) is 3.84. The van der Waals surface area contributed by atoms with Gasteiger partial charge in [-0.25, -0.2) is 9.48 Å². The number of anilines is 1. The molecule has 10 heteroatoms. The summed E-state index contributed by atoms with van der Waals surface area (Å²) < 4.78 is 38.8. The maximum atomic E-state index is 13.2. The highest BCUT2D eigenvalue weighted by Gasteiger charge is 2.37. The van der Waals surface area contributed by atoms with Crippen molar-refractivity contribution in [3.05, 3.63) is 45.8 Å². The van der Waals surface area contributed by atoms with Crippen molar-refractivity contribution < 1.29 is 23.0 Å². The van der Waals surface area contributed by atoms with Crippen LogP contribution in [0.4, 0.5) is 14.7 Å². The largest absolute Gasteiger partial charge is 0.459 e. The molecule has 7 nitrogen and oxygen atoms in total. The van der Waals surface area contributed by atoms with Gasteiger partial charge in [0.25, 0.3) is 0 Å². The molecule has 1 aromatic carbocycles. The zero-order valence-corrected chi connectivity index (χ0v) is 17.9. The van der Waals surface area contributed by atoms with E-state index in [1.165, 1.54) is 17.1 Å². The second-order valence-electron chi connectivity index (χ2n) is 7.32. The summed E-state index contributed by atoms with van der Waals surface area (Å²) in [4.78, 5) is 17.4. The molecule has 1 aliphatic heterocycles. The lowest BCUT2D eigenvalue weighted by molar-refractivity contribution is -0.146. The fraction of sp³-hybridized carbons (Fsp3) is 0.450. The number of carbonyl (C=O) groups excluding carboxylic acids is 1. The van der Waals surface area contributed by atoms with Gasteiger partial charge in [0.05, 0.1) is 5.57 Å². The number of halogens is 3. The highest BCUT2D eigenvalue weighted by molar-refractivity contribution is 9.10. The van der Waals surface area contributed by atoms with Crippen LogP contribution in [0.5, 0.6) is 5.75 Å². The van der Waals surface area contributed by atoms with E-state index >= 15 is 0 Å². The van der Waals surface area contributed by atoms with Crippen molar-refractivity contribution in [3.8, 4) is 5.75 Å². The summed E-state index contributed by atoms with van der Waals surface area (Å²) in [5, 5.41) is 7.27. The SMILES string of the molecule is CC1=C(C(=O)OC2CCCCC2)[C@@H](c2cc(Br)ccc2OC(F)F)n2ncnc2N1. The first kappa shape index (κ1) is 20.8. The Hall–Kier alpha value is -2.49. The van der Waals surface area contributed by atoms with Crippen LogP contribution in [0.1, 0.15) is 50.6 Å². The van der Waals surface area contributed by atoms with Crippen LogP contribution in [0.25, 0.3) is 0 Å². The van der Waals surface area contributed by atoms with Crippen molar-refractivity contribution in [3.63, 3.8) is 0 Å². The third-order valence-corrected chi connectivity index (χ3v) is 5.82. The van der Waals surface area contributed by atoms with E-state index in [0.717, 1.165) is 32.1 Å². The molecule has 1 aromatic heterocycles. The molecule has 1 N–H and O–H groups in total. The third-order valence-electron chi connectivity index (χ3n) is 5.32. The van der Waals surface area contributed by atoms with Gasteiger partial charge in [0, 0.05) is 15.7 Å². The minimum atomic E-state index is -3.01. The Morgan fingerprint density at radius 2 is 2.07 bits per heavy atom. The fourth-order valence-corrected chi connectivity index (χ4v) is 4.36. The number of hydrogen-bond donors (Lipinski definition) is 1. The zero-order valence-electron chi connectivity index (χ0n) is 16.3. The summed E-state index contributed by atoms with van der Waals surface area (Å²) in [5.74, 6) is -0.145. The lowest BCUT2D eigenvalue weighted by Gasteiger charge is -2.31. The van der Waals surface area contributed by atoms with E-state index < -0.39 is 18.6 Å². The number of esters is 1. The third kappa shape index (κ3) is 4.19. The van der Waals surface area contributed by atoms with Crippen LogP contribution in [-0.4, -0.2) is 33.4 Å². The van der Waals surface area contributed by atoms with E-state index in [0.29, 0.717) is 21.7 Å². The molecule has 2 heterocycles. The Kier molecular flexibility index (Phi) is 6.03. The van der Waals surface area contributed by atoms with Crippen molar-refractivity contribution in [2.75, 3.05) is 5.32 Å². The molecule has 1 saturated carbocycles. The van der Waals surface area contributed by atoms with Gasteiger partial charge in [0.2, 0.25) is 5.95 Å². The van der Waals surface area contributed by atoms with E-state index in [-0.39, 0.29) is 17.4 Å². The van der Waals surface area contributed by atoms with Crippen molar-refractivity contribution in [2.45, 2.75) is 57.8 Å². The van der Waals surface area contributed by atoms with Gasteiger partial charge in [-0.1, -0.05) is 22.4 Å². The molecule has 0 amide bonds. The highest BCUT2D eigenvalue weighted by Crippen LogP contribution is 2.41. The predicted molar refractivity (Wildman–Crippen MR) is 108 cm³/mol. The number of aromatic nitrogens is 3. The molecule has 160 valence electrons. The van der Waals surface area contributed by atoms with Crippen LogP contribution < -0.4 is 10.1 Å². The number of hydrogen-bond acceptors (Lipinski definition) is 6. The summed E-state index contributed by atoms with van der Waals surface area (Å²) in [7, 11) is 0. The number of ether oxygens (including phenoxy) is 2. The molecule has 4 rings (SSSR count). The molecule has 30 heavy (non-hydrogen) atoms. The minimum absolute atomic E-state index is 0.0442. The second kappa shape index (κ2) is 8.71. The number of fused-ring (bicyclic) bond motifs is 1. The normalized spacial score (nSPS) is 19.4. The van der Waals surface area contributed by atoms with E-state index in [1.54, 1.807) is 19.1 Å². The summed E-state index contributed by atoms with van der Waals surface area (Å²) >= 11 is 3.38. The number of allylic oxidation sites excluding steroid dienone is 1. The smallest absolute Gasteiger partial charge is 0.387 e. The first-order chi connectivity index (χ1) is 14.4. The summed E-state index contributed by atoms with van der Waals surface area (Å²) in [6.45, 7) is -1.28. The van der Waals surface area contributed by atoms with Gasteiger partial charge in [-0.05, 0) is 50.8 Å². The van der Waals surface area contributed by atoms with Crippen LogP contribution in [0.15, 0.2) is 40.3 Å². The molecule has 1 aliphatic carbocycles. The molecule has 0 radical (unpaired) electrons. The van der Waals surface area contributed by atoms with Gasteiger partial charge in [0.15, 0.2) is 0 Å². The molecule has 1 fully saturated rings. The molecule has 0 saturated heterocycles. The van der Waals surface area contributed by atoms with Gasteiger partial charge in [-0.2, -0.15) is 18.9 Å². The second-order valence-corrected chi connectivity index (χ2v) is 8.24. The van der Waals surface area contributed by atoms with Gasteiger partial charge >= 0.3 is 12.6 Å². The Labute approximate surface area is 180 Å². The molecule has 0 unspecified atom stereocenters. The molecule has 2 aromatic rings. The fourth-order valence-electron chi connectivity index (χ4n) is 3.98. The first-order valence-electron chi connectivity index (χ1n) is 9.76. The lowest BCUT2D eigenvalue weighted by atomic mass is 9.94. The van der Waals surface area contributed by atoms with Crippen LogP contribution in [-0.2, 0) is 9.53 Å². The molecule has 0 bridgehead atoms. The van der Waals surface area contributed by atoms with E-state index in [9.17, 15) is 13.6 Å². The highest BCUT2D eigenvalue weighted by atomic mass is 79.9. The molecule has 0 spiro atoms. The van der Waals surface area contributed by atoms with E-state index in [1.807, 2.05) is 0 Å². The topological polar surface area (TPSA) is 78.3 Å². The minimum Gasteiger partial charge on any atom is -0.459 e. The molecule has 2 aliphatic rings. The van der Waals surface area contributed by atoms with Crippen molar-refractivity contribution in [2.24, 2.45) is 0 Å². The average molecular weight is 483 g/mol. The summed E-state index contributed by atoms with van der Waals surface area (Å²) in [6.07, 6.45) is 6.00. The average Bonchev–Trinajstić information content (AvgIpc) is 3.16. The Balaban J connectivity index is 1.77. The van der Waals surface area contributed by atoms with Crippen LogP contribution >= 0.6 is 15.9 Å². The number of benzene rings is 1. The number of rotatable bonds is 5. The molecular formula is C20H21BrF2N4O3. The number of alkyl halides is 2. The standard InChI is InChI=1S/C20H21BrF2N4O3/c1-11-16(18(28)29-13-5-3-2-4-6-13)17(27-20(26-11)24-10-25-27)14-9-12(21)7-8-15(14)30-19(22)23/h7-10,13,17,19H,2-6H2,1H3,(H,24,25,26)/t17-/m1/s1. The van der Waals surface area contributed by atoms with Crippen LogP contribution in [0.2, 0.25) is 0 Å². The number of nitrogens with one attached hydrogen (secondary N) is 1. The van der Waals surface area contributed by atoms with Crippen molar-refractivity contribution in [1.82, 2.24) is 14.8 Å². The Bertz CT molecular complexity index is 973. The van der Waals surface area contributed by atoms with Gasteiger partial charge in [-0.3, -0.25) is 0 Å². The van der Waals surface area contributed by atoms with E-state index in [4.69, 9.17) is 9.47 Å². The zero-order chi connectivity index (χ0) is 21.3. The van der Waals surface area contributed by atoms with Crippen LogP contribution in [0, 0.1) is 0 Å². The van der Waals surface area contributed by atoms with Crippen molar-refractivity contribution >= 4 is 27.8 Å². The Morgan fingerprint density at radius 3 is 2.80 bits per heavy atom. The van der Waals surface area contributed by atoms with Gasteiger partial charge < -0.3 is 14.8 Å². The first-order valence-corrected chi connectivity index (χ1v) is 10.6. The quantitative estimate of drug-likeness (QED) is 0.616. The van der Waals surface area contributed by atoms with Crippen molar-refractivity contribution in [1.29, 1.82) is 0 Å².